The maximum absolute atomic E-state index is 13.3. The molecule has 2 N–H and O–H groups in total. The molecule has 96 valence electrons. The van der Waals surface area contributed by atoms with Crippen LogP contribution in [0.2, 0.25) is 0 Å². The molecule has 1 aliphatic carbocycles. The van der Waals surface area contributed by atoms with E-state index < -0.39 is 23.6 Å². The Kier molecular flexibility index (Phi) is 2.61. The standard InChI is InChI=1S/C15H11FO3/c16-9-3-6-11-12(7-9)13(15(19)14(11)18)8-1-4-10(17)5-2-8/h1-7,13,15,17,19H/t13-,15+/m0/s1. The van der Waals surface area contributed by atoms with E-state index in [9.17, 15) is 19.4 Å². The molecule has 0 aliphatic heterocycles. The van der Waals surface area contributed by atoms with Crippen LogP contribution in [0.1, 0.15) is 27.4 Å². The van der Waals surface area contributed by atoms with Gasteiger partial charge in [-0.05, 0) is 41.5 Å². The zero-order chi connectivity index (χ0) is 13.6. The van der Waals surface area contributed by atoms with Crippen molar-refractivity contribution in [1.82, 2.24) is 0 Å². The van der Waals surface area contributed by atoms with Gasteiger partial charge in [0.1, 0.15) is 17.7 Å². The van der Waals surface area contributed by atoms with E-state index in [1.165, 1.54) is 30.3 Å². The number of aliphatic hydroxyl groups excluding tert-OH is 1. The van der Waals surface area contributed by atoms with E-state index in [0.29, 0.717) is 16.7 Å². The second-order valence-electron chi connectivity index (χ2n) is 4.61. The molecule has 0 amide bonds. The minimum Gasteiger partial charge on any atom is -0.508 e. The number of benzene rings is 2. The number of ketones is 1. The number of hydrogen-bond donors (Lipinski definition) is 2. The Labute approximate surface area is 108 Å². The van der Waals surface area contributed by atoms with Gasteiger partial charge in [-0.3, -0.25) is 4.79 Å². The van der Waals surface area contributed by atoms with Crippen LogP contribution in [0.5, 0.6) is 5.75 Å². The first-order chi connectivity index (χ1) is 9.08. The highest BCUT2D eigenvalue weighted by atomic mass is 19.1. The predicted octanol–water partition coefficient (Wildman–Crippen LogP) is 2.22. The van der Waals surface area contributed by atoms with Crippen LogP contribution in [0.4, 0.5) is 4.39 Å². The van der Waals surface area contributed by atoms with Gasteiger partial charge in [0.15, 0.2) is 5.78 Å². The number of aromatic hydroxyl groups is 1. The van der Waals surface area contributed by atoms with Crippen molar-refractivity contribution in [3.8, 4) is 5.75 Å². The second-order valence-corrected chi connectivity index (χ2v) is 4.61. The van der Waals surface area contributed by atoms with Crippen LogP contribution < -0.4 is 0 Å². The summed E-state index contributed by atoms with van der Waals surface area (Å²) in [4.78, 5) is 11.9. The average molecular weight is 258 g/mol. The molecule has 0 heterocycles. The molecule has 1 aliphatic rings. The molecule has 0 radical (unpaired) electrons. The third-order valence-electron chi connectivity index (χ3n) is 3.45. The van der Waals surface area contributed by atoms with Crippen LogP contribution in [-0.4, -0.2) is 22.1 Å². The molecule has 0 saturated heterocycles. The number of carbonyl (C=O) groups is 1. The van der Waals surface area contributed by atoms with E-state index in [0.717, 1.165) is 0 Å². The summed E-state index contributed by atoms with van der Waals surface area (Å²) in [7, 11) is 0. The van der Waals surface area contributed by atoms with Crippen LogP contribution in [-0.2, 0) is 0 Å². The Balaban J connectivity index is 2.15. The fourth-order valence-corrected chi connectivity index (χ4v) is 2.54. The minimum atomic E-state index is -1.21. The quantitative estimate of drug-likeness (QED) is 0.824. The van der Waals surface area contributed by atoms with E-state index >= 15 is 0 Å². The number of phenolic OH excluding ortho intramolecular Hbond substituents is 1. The molecule has 3 nitrogen and oxygen atoms in total. The Morgan fingerprint density at radius 2 is 1.74 bits per heavy atom. The van der Waals surface area contributed by atoms with Gasteiger partial charge in [0, 0.05) is 11.5 Å². The van der Waals surface area contributed by atoms with Crippen molar-refractivity contribution < 1.29 is 19.4 Å². The van der Waals surface area contributed by atoms with Gasteiger partial charge in [0.05, 0.1) is 0 Å². The largest absolute Gasteiger partial charge is 0.508 e. The van der Waals surface area contributed by atoms with Gasteiger partial charge in [-0.1, -0.05) is 12.1 Å². The van der Waals surface area contributed by atoms with Gasteiger partial charge in [-0.15, -0.1) is 0 Å². The van der Waals surface area contributed by atoms with Crippen molar-refractivity contribution in [2.45, 2.75) is 12.0 Å². The first kappa shape index (κ1) is 11.9. The van der Waals surface area contributed by atoms with E-state index in [4.69, 9.17) is 0 Å². The summed E-state index contributed by atoms with van der Waals surface area (Å²) in [6.07, 6.45) is -1.21. The fourth-order valence-electron chi connectivity index (χ4n) is 2.54. The van der Waals surface area contributed by atoms with Gasteiger partial charge >= 0.3 is 0 Å². The van der Waals surface area contributed by atoms with E-state index in [1.807, 2.05) is 0 Å². The summed E-state index contributed by atoms with van der Waals surface area (Å²) in [5, 5.41) is 19.3. The second kappa shape index (κ2) is 4.17. The number of carbonyl (C=O) groups excluding carboxylic acids is 1. The molecule has 2 aromatic carbocycles. The molecule has 2 aromatic rings. The minimum absolute atomic E-state index is 0.0991. The first-order valence-corrected chi connectivity index (χ1v) is 5.88. The third kappa shape index (κ3) is 1.81. The van der Waals surface area contributed by atoms with Gasteiger partial charge in [0.2, 0.25) is 0 Å². The molecule has 4 heteroatoms. The Hall–Kier alpha value is -2.20. The van der Waals surface area contributed by atoms with Crippen molar-refractivity contribution in [2.75, 3.05) is 0 Å². The zero-order valence-corrected chi connectivity index (χ0v) is 9.88. The summed E-state index contributed by atoms with van der Waals surface area (Å²) >= 11 is 0. The SMILES string of the molecule is O=C1c2ccc(F)cc2[C@H](c2ccc(O)cc2)[C@H]1O. The number of phenols is 1. The highest BCUT2D eigenvalue weighted by molar-refractivity contribution is 6.05. The molecule has 0 saturated carbocycles. The van der Waals surface area contributed by atoms with Crippen LogP contribution in [0, 0.1) is 5.82 Å². The molecule has 19 heavy (non-hydrogen) atoms. The zero-order valence-electron chi connectivity index (χ0n) is 9.88. The third-order valence-corrected chi connectivity index (χ3v) is 3.45. The normalized spacial score (nSPS) is 21.5. The monoisotopic (exact) mass is 258 g/mol. The first-order valence-electron chi connectivity index (χ1n) is 5.88. The van der Waals surface area contributed by atoms with Crippen molar-refractivity contribution in [1.29, 1.82) is 0 Å². The Bertz CT molecular complexity index is 649. The summed E-state index contributed by atoms with van der Waals surface area (Å²) in [5.74, 6) is -1.32. The molecule has 0 spiro atoms. The molecule has 0 aromatic heterocycles. The number of Topliss-reactive ketones (excluding diaryl/α,β-unsaturated/α-hetero) is 1. The Morgan fingerprint density at radius 1 is 1.05 bits per heavy atom. The molecule has 0 fully saturated rings. The fraction of sp³-hybridized carbons (Fsp3) is 0.133. The molecule has 0 bridgehead atoms. The highest BCUT2D eigenvalue weighted by Gasteiger charge is 2.39. The van der Waals surface area contributed by atoms with E-state index in [2.05, 4.69) is 0 Å². The number of hydrogen-bond acceptors (Lipinski definition) is 3. The molecule has 2 atom stereocenters. The van der Waals surface area contributed by atoms with Crippen LogP contribution >= 0.6 is 0 Å². The van der Waals surface area contributed by atoms with Crippen LogP contribution in [0.3, 0.4) is 0 Å². The predicted molar refractivity (Wildman–Crippen MR) is 66.7 cm³/mol. The van der Waals surface area contributed by atoms with Gasteiger partial charge in [0.25, 0.3) is 0 Å². The number of fused-ring (bicyclic) bond motifs is 1. The van der Waals surface area contributed by atoms with Crippen molar-refractivity contribution in [2.24, 2.45) is 0 Å². The summed E-state index contributed by atoms with van der Waals surface area (Å²) in [6, 6.07) is 10.1. The lowest BCUT2D eigenvalue weighted by atomic mass is 9.91. The van der Waals surface area contributed by atoms with Gasteiger partial charge < -0.3 is 10.2 Å². The lowest BCUT2D eigenvalue weighted by molar-refractivity contribution is 0.0754. The summed E-state index contributed by atoms with van der Waals surface area (Å²) in [6.45, 7) is 0. The summed E-state index contributed by atoms with van der Waals surface area (Å²) in [5.41, 5.74) is 1.51. The maximum atomic E-state index is 13.3. The van der Waals surface area contributed by atoms with Crippen LogP contribution in [0.15, 0.2) is 42.5 Å². The van der Waals surface area contributed by atoms with Gasteiger partial charge in [-0.2, -0.15) is 0 Å². The smallest absolute Gasteiger partial charge is 0.192 e. The lowest BCUT2D eigenvalue weighted by Gasteiger charge is -2.15. The van der Waals surface area contributed by atoms with Gasteiger partial charge in [-0.25, -0.2) is 4.39 Å². The lowest BCUT2D eigenvalue weighted by Crippen LogP contribution is -2.20. The van der Waals surface area contributed by atoms with E-state index in [-0.39, 0.29) is 5.75 Å². The van der Waals surface area contributed by atoms with E-state index in [1.54, 1.807) is 12.1 Å². The number of rotatable bonds is 1. The molecule has 3 rings (SSSR count). The topological polar surface area (TPSA) is 57.5 Å². The molecule has 0 unspecified atom stereocenters. The average Bonchev–Trinajstić information content (AvgIpc) is 2.63. The summed E-state index contributed by atoms with van der Waals surface area (Å²) < 4.78 is 13.3. The van der Waals surface area contributed by atoms with Crippen molar-refractivity contribution >= 4 is 5.78 Å². The molecular weight excluding hydrogens is 247 g/mol. The van der Waals surface area contributed by atoms with Crippen molar-refractivity contribution in [3.05, 3.63) is 65.0 Å². The van der Waals surface area contributed by atoms with Crippen molar-refractivity contribution in [3.63, 3.8) is 0 Å². The highest BCUT2D eigenvalue weighted by Crippen LogP contribution is 2.39. The maximum Gasteiger partial charge on any atom is 0.192 e. The Morgan fingerprint density at radius 3 is 2.42 bits per heavy atom. The number of halogens is 1. The van der Waals surface area contributed by atoms with Crippen LogP contribution in [0.25, 0.3) is 0 Å². The number of aliphatic hydroxyl groups is 1. The molecular formula is C15H11FO3.